The smallest absolute Gasteiger partial charge is 0.331 e. The standard InChI is InChI=1S/C17H23BrN2O4/c1-22-15(21)11-24-17(14-3-2-13(18)10-20-14)6-4-16(5-7-17)12-19-8-9-23-16/h2-3,10,19H,4-9,11-12H2,1H3. The van der Waals surface area contributed by atoms with E-state index in [0.717, 1.165) is 55.5 Å². The maximum atomic E-state index is 11.6. The first-order valence-corrected chi connectivity index (χ1v) is 9.04. The first kappa shape index (κ1) is 17.8. The van der Waals surface area contributed by atoms with Crippen molar-refractivity contribution in [1.82, 2.24) is 10.3 Å². The lowest BCUT2D eigenvalue weighted by atomic mass is 9.73. The number of aromatic nitrogens is 1. The van der Waals surface area contributed by atoms with E-state index in [9.17, 15) is 4.79 Å². The highest BCUT2D eigenvalue weighted by Crippen LogP contribution is 2.45. The van der Waals surface area contributed by atoms with Crippen LogP contribution in [0.15, 0.2) is 22.8 Å². The van der Waals surface area contributed by atoms with Gasteiger partial charge in [0.2, 0.25) is 0 Å². The highest BCUT2D eigenvalue weighted by molar-refractivity contribution is 9.10. The number of rotatable bonds is 4. The van der Waals surface area contributed by atoms with Gasteiger partial charge in [-0.25, -0.2) is 4.79 Å². The summed E-state index contributed by atoms with van der Waals surface area (Å²) in [6, 6.07) is 3.91. The van der Waals surface area contributed by atoms with Crippen LogP contribution in [0.5, 0.6) is 0 Å². The molecule has 24 heavy (non-hydrogen) atoms. The fourth-order valence-corrected chi connectivity index (χ4v) is 3.75. The zero-order chi connectivity index (χ0) is 17.0. The van der Waals surface area contributed by atoms with Crippen LogP contribution < -0.4 is 5.32 Å². The Labute approximate surface area is 150 Å². The molecule has 1 aliphatic heterocycles. The van der Waals surface area contributed by atoms with Crippen molar-refractivity contribution in [2.75, 3.05) is 33.4 Å². The molecule has 0 bridgehead atoms. The van der Waals surface area contributed by atoms with E-state index in [-0.39, 0.29) is 18.2 Å². The fourth-order valence-electron chi connectivity index (χ4n) is 3.51. The number of halogens is 1. The van der Waals surface area contributed by atoms with Crippen LogP contribution in [0.25, 0.3) is 0 Å². The highest BCUT2D eigenvalue weighted by Gasteiger charge is 2.46. The third kappa shape index (κ3) is 3.79. The summed E-state index contributed by atoms with van der Waals surface area (Å²) in [7, 11) is 1.37. The minimum atomic E-state index is -0.569. The third-order valence-electron chi connectivity index (χ3n) is 4.99. The van der Waals surface area contributed by atoms with Gasteiger partial charge in [0, 0.05) is 23.8 Å². The SMILES string of the molecule is COC(=O)COC1(c2ccc(Br)cn2)CCC2(CC1)CNCCO2. The van der Waals surface area contributed by atoms with E-state index < -0.39 is 5.60 Å². The second-order valence-corrected chi connectivity index (χ2v) is 7.34. The molecule has 2 heterocycles. The number of carbonyl (C=O) groups is 1. The third-order valence-corrected chi connectivity index (χ3v) is 5.46. The van der Waals surface area contributed by atoms with Crippen LogP contribution in [0.4, 0.5) is 0 Å². The van der Waals surface area contributed by atoms with Crippen molar-refractivity contribution >= 4 is 21.9 Å². The molecule has 7 heteroatoms. The molecular formula is C17H23BrN2O4. The van der Waals surface area contributed by atoms with E-state index in [2.05, 4.69) is 26.2 Å². The Balaban J connectivity index is 1.78. The first-order chi connectivity index (χ1) is 11.6. The number of pyridine rings is 1. The number of nitrogens with zero attached hydrogens (tertiary/aromatic N) is 1. The molecule has 1 N–H and O–H groups in total. The average Bonchev–Trinajstić information content (AvgIpc) is 2.63. The molecule has 0 unspecified atom stereocenters. The molecule has 1 aromatic heterocycles. The summed E-state index contributed by atoms with van der Waals surface area (Å²) >= 11 is 3.41. The molecule has 2 fully saturated rings. The van der Waals surface area contributed by atoms with Gasteiger partial charge >= 0.3 is 5.97 Å². The molecule has 1 saturated carbocycles. The van der Waals surface area contributed by atoms with Crippen molar-refractivity contribution in [3.05, 3.63) is 28.5 Å². The largest absolute Gasteiger partial charge is 0.467 e. The quantitative estimate of drug-likeness (QED) is 0.783. The molecule has 1 aliphatic carbocycles. The Kier molecular flexibility index (Phi) is 5.54. The molecule has 2 aliphatic rings. The Hall–Kier alpha value is -1.02. The number of nitrogens with one attached hydrogen (secondary N) is 1. The molecule has 3 rings (SSSR count). The number of carbonyl (C=O) groups excluding carboxylic acids is 1. The van der Waals surface area contributed by atoms with Gasteiger partial charge in [-0.1, -0.05) is 0 Å². The van der Waals surface area contributed by atoms with Crippen LogP contribution in [0, 0.1) is 0 Å². The molecule has 0 aromatic carbocycles. The zero-order valence-corrected chi connectivity index (χ0v) is 15.4. The van der Waals surface area contributed by atoms with Gasteiger partial charge in [0.1, 0.15) is 12.2 Å². The lowest BCUT2D eigenvalue weighted by molar-refractivity contribution is -0.171. The van der Waals surface area contributed by atoms with Crippen LogP contribution in [0.2, 0.25) is 0 Å². The van der Waals surface area contributed by atoms with Crippen LogP contribution in [-0.2, 0) is 24.6 Å². The molecular weight excluding hydrogens is 376 g/mol. The molecule has 0 atom stereocenters. The molecule has 0 amide bonds. The van der Waals surface area contributed by atoms with Gasteiger partial charge in [-0.2, -0.15) is 0 Å². The molecule has 6 nitrogen and oxygen atoms in total. The van der Waals surface area contributed by atoms with Crippen LogP contribution >= 0.6 is 15.9 Å². The van der Waals surface area contributed by atoms with E-state index in [4.69, 9.17) is 14.2 Å². The normalized spacial score (nSPS) is 30.2. The van der Waals surface area contributed by atoms with Crippen LogP contribution in [0.1, 0.15) is 31.4 Å². The van der Waals surface area contributed by atoms with Crippen LogP contribution in [-0.4, -0.2) is 50.0 Å². The highest BCUT2D eigenvalue weighted by atomic mass is 79.9. The van der Waals surface area contributed by atoms with Crippen molar-refractivity contribution in [2.45, 2.75) is 36.9 Å². The Morgan fingerprint density at radius 3 is 2.75 bits per heavy atom. The summed E-state index contributed by atoms with van der Waals surface area (Å²) < 4.78 is 17.8. The molecule has 0 radical (unpaired) electrons. The predicted molar refractivity (Wildman–Crippen MR) is 91.6 cm³/mol. The number of hydrogen-bond acceptors (Lipinski definition) is 6. The average molecular weight is 399 g/mol. The van der Waals surface area contributed by atoms with Gasteiger partial charge in [-0.05, 0) is 53.7 Å². The Morgan fingerprint density at radius 1 is 1.38 bits per heavy atom. The monoisotopic (exact) mass is 398 g/mol. The number of hydrogen-bond donors (Lipinski definition) is 1. The van der Waals surface area contributed by atoms with Gasteiger partial charge in [0.05, 0.1) is 25.0 Å². The first-order valence-electron chi connectivity index (χ1n) is 8.25. The second kappa shape index (κ2) is 7.47. The van der Waals surface area contributed by atoms with Gasteiger partial charge in [0.15, 0.2) is 0 Å². The molecule has 132 valence electrons. The van der Waals surface area contributed by atoms with Gasteiger partial charge in [0.25, 0.3) is 0 Å². The predicted octanol–water partition coefficient (Wildman–Crippen LogP) is 2.16. The summed E-state index contributed by atoms with van der Waals surface area (Å²) in [6.07, 6.45) is 5.04. The van der Waals surface area contributed by atoms with Gasteiger partial charge < -0.3 is 19.5 Å². The molecule has 1 aromatic rings. The van der Waals surface area contributed by atoms with Crippen LogP contribution in [0.3, 0.4) is 0 Å². The summed E-state index contributed by atoms with van der Waals surface area (Å²) in [4.78, 5) is 16.1. The maximum absolute atomic E-state index is 11.6. The summed E-state index contributed by atoms with van der Waals surface area (Å²) in [6.45, 7) is 2.45. The van der Waals surface area contributed by atoms with E-state index in [1.54, 1.807) is 6.20 Å². The van der Waals surface area contributed by atoms with E-state index in [1.165, 1.54) is 7.11 Å². The maximum Gasteiger partial charge on any atom is 0.331 e. The van der Waals surface area contributed by atoms with E-state index >= 15 is 0 Å². The Bertz CT molecular complexity index is 562. The van der Waals surface area contributed by atoms with E-state index in [0.29, 0.717) is 0 Å². The zero-order valence-electron chi connectivity index (χ0n) is 13.8. The second-order valence-electron chi connectivity index (χ2n) is 6.43. The van der Waals surface area contributed by atoms with Gasteiger partial charge in [-0.15, -0.1) is 0 Å². The van der Waals surface area contributed by atoms with Crippen molar-refractivity contribution in [2.24, 2.45) is 0 Å². The van der Waals surface area contributed by atoms with Crippen molar-refractivity contribution in [3.63, 3.8) is 0 Å². The summed E-state index contributed by atoms with van der Waals surface area (Å²) in [5, 5.41) is 3.42. The van der Waals surface area contributed by atoms with Crippen molar-refractivity contribution in [1.29, 1.82) is 0 Å². The fraction of sp³-hybridized carbons (Fsp3) is 0.647. The van der Waals surface area contributed by atoms with Crippen molar-refractivity contribution < 1.29 is 19.0 Å². The summed E-state index contributed by atoms with van der Waals surface area (Å²) in [5.41, 5.74) is 0.167. The summed E-state index contributed by atoms with van der Waals surface area (Å²) in [5.74, 6) is -0.373. The molecule has 1 spiro atoms. The van der Waals surface area contributed by atoms with E-state index in [1.807, 2.05) is 12.1 Å². The number of methoxy groups -OCH3 is 1. The number of esters is 1. The number of morpholine rings is 1. The Morgan fingerprint density at radius 2 is 2.17 bits per heavy atom. The topological polar surface area (TPSA) is 69.7 Å². The lowest BCUT2D eigenvalue weighted by Crippen LogP contribution is -2.54. The van der Waals surface area contributed by atoms with Gasteiger partial charge in [-0.3, -0.25) is 4.98 Å². The minimum absolute atomic E-state index is 0.0691. The minimum Gasteiger partial charge on any atom is -0.467 e. The van der Waals surface area contributed by atoms with Crippen molar-refractivity contribution in [3.8, 4) is 0 Å². The molecule has 1 saturated heterocycles. The lowest BCUT2D eigenvalue weighted by Gasteiger charge is -2.47. The number of ether oxygens (including phenoxy) is 3.